The number of rotatable bonds is 7. The summed E-state index contributed by atoms with van der Waals surface area (Å²) in [5.41, 5.74) is 6.81. The number of aliphatic hydroxyl groups is 1. The van der Waals surface area contributed by atoms with E-state index in [-0.39, 0.29) is 12.5 Å². The summed E-state index contributed by atoms with van der Waals surface area (Å²) in [7, 11) is 0. The normalized spacial score (nSPS) is 12.0. The quantitative estimate of drug-likeness (QED) is 0.542. The molecule has 0 spiro atoms. The van der Waals surface area contributed by atoms with Gasteiger partial charge in [-0.1, -0.05) is 0 Å². The highest BCUT2D eigenvalue weighted by molar-refractivity contribution is 5.95. The Hall–Kier alpha value is -3.26. The van der Waals surface area contributed by atoms with Gasteiger partial charge in [0, 0.05) is 53.2 Å². The highest BCUT2D eigenvalue weighted by Gasteiger charge is 2.14. The number of nitrogens with zero attached hydrogens (tertiary/aromatic N) is 2. The van der Waals surface area contributed by atoms with Gasteiger partial charge in [-0.2, -0.15) is 0 Å². The zero-order chi connectivity index (χ0) is 20.3. The van der Waals surface area contributed by atoms with Gasteiger partial charge in [-0.15, -0.1) is 0 Å². The number of pyridine rings is 2. The van der Waals surface area contributed by atoms with Crippen molar-refractivity contribution < 1.29 is 19.0 Å². The topological polar surface area (TPSA) is 114 Å². The molecule has 7 nitrogen and oxygen atoms in total. The number of halogens is 1. The molecule has 0 radical (unpaired) electrons. The summed E-state index contributed by atoms with van der Waals surface area (Å²) in [6.45, 7) is 3.46. The third-order valence-corrected chi connectivity index (χ3v) is 4.08. The van der Waals surface area contributed by atoms with Crippen LogP contribution in [0.5, 0.6) is 5.88 Å². The Morgan fingerprint density at radius 1 is 1.32 bits per heavy atom. The molecule has 0 aliphatic heterocycles. The molecule has 0 fully saturated rings. The Labute approximate surface area is 161 Å². The molecule has 8 heteroatoms. The Balaban J connectivity index is 1.85. The molecule has 0 bridgehead atoms. The Kier molecular flexibility index (Phi) is 5.41. The van der Waals surface area contributed by atoms with Gasteiger partial charge in [-0.25, -0.2) is 14.4 Å². The molecular weight excluding hydrogens is 363 g/mol. The van der Waals surface area contributed by atoms with Crippen LogP contribution in [-0.2, 0) is 4.79 Å². The number of ether oxygens (including phenoxy) is 1. The van der Waals surface area contributed by atoms with E-state index in [0.29, 0.717) is 23.2 Å². The average Bonchev–Trinajstić information content (AvgIpc) is 3.02. The summed E-state index contributed by atoms with van der Waals surface area (Å²) < 4.78 is 19.7. The summed E-state index contributed by atoms with van der Waals surface area (Å²) >= 11 is 0. The summed E-state index contributed by atoms with van der Waals surface area (Å²) in [5.74, 6) is -1.27. The Bertz CT molecular complexity index is 1040. The monoisotopic (exact) mass is 384 g/mol. The van der Waals surface area contributed by atoms with Crippen molar-refractivity contribution in [2.45, 2.75) is 25.9 Å². The summed E-state index contributed by atoms with van der Waals surface area (Å²) in [4.78, 5) is 22.3. The second kappa shape index (κ2) is 7.77. The number of nitrogens with two attached hydrogens (primary N) is 1. The van der Waals surface area contributed by atoms with E-state index in [1.165, 1.54) is 18.3 Å². The maximum Gasteiger partial charge on any atom is 0.250 e. The number of amides is 1. The lowest BCUT2D eigenvalue weighted by molar-refractivity contribution is -0.113. The third kappa shape index (κ3) is 4.72. The lowest BCUT2D eigenvalue weighted by Crippen LogP contribution is -2.22. The van der Waals surface area contributed by atoms with Crippen LogP contribution in [0, 0.1) is 5.82 Å². The van der Waals surface area contributed by atoms with Gasteiger partial charge in [0.1, 0.15) is 5.65 Å². The minimum atomic E-state index is -0.894. The predicted octanol–water partition coefficient (Wildman–Crippen LogP) is 2.80. The molecule has 3 aromatic rings. The Morgan fingerprint density at radius 2 is 2.04 bits per heavy atom. The van der Waals surface area contributed by atoms with E-state index < -0.39 is 17.3 Å². The van der Waals surface area contributed by atoms with Gasteiger partial charge >= 0.3 is 0 Å². The number of carbonyl (C=O) groups excluding carboxylic acids is 1. The van der Waals surface area contributed by atoms with Crippen LogP contribution >= 0.6 is 0 Å². The van der Waals surface area contributed by atoms with Gasteiger partial charge in [0.05, 0.1) is 12.2 Å². The molecule has 0 unspecified atom stereocenters. The van der Waals surface area contributed by atoms with E-state index >= 15 is 0 Å². The van der Waals surface area contributed by atoms with Gasteiger partial charge in [-0.05, 0) is 32.1 Å². The number of primary amides is 1. The molecule has 0 saturated heterocycles. The predicted molar refractivity (Wildman–Crippen MR) is 104 cm³/mol. The zero-order valence-electron chi connectivity index (χ0n) is 15.6. The maximum atomic E-state index is 14.4. The first-order valence-corrected chi connectivity index (χ1v) is 8.69. The third-order valence-electron chi connectivity index (χ3n) is 4.08. The molecular formula is C20H21FN4O3. The number of aromatic nitrogens is 3. The van der Waals surface area contributed by atoms with Gasteiger partial charge < -0.3 is 20.6 Å². The van der Waals surface area contributed by atoms with Crippen LogP contribution in [0.15, 0.2) is 36.8 Å². The summed E-state index contributed by atoms with van der Waals surface area (Å²) in [5, 5.41) is 10.4. The second-order valence-corrected chi connectivity index (χ2v) is 7.02. The van der Waals surface area contributed by atoms with Gasteiger partial charge in [0.25, 0.3) is 0 Å². The number of fused-ring (bicyclic) bond motifs is 1. The van der Waals surface area contributed by atoms with Crippen LogP contribution in [0.1, 0.15) is 25.8 Å². The van der Waals surface area contributed by atoms with Gasteiger partial charge in [0.15, 0.2) is 5.82 Å². The molecule has 4 N–H and O–H groups in total. The first kappa shape index (κ1) is 19.5. The molecule has 146 valence electrons. The fraction of sp³-hybridized carbons (Fsp3) is 0.250. The van der Waals surface area contributed by atoms with E-state index in [9.17, 15) is 14.3 Å². The van der Waals surface area contributed by atoms with Crippen LogP contribution in [0.4, 0.5) is 4.39 Å². The molecule has 28 heavy (non-hydrogen) atoms. The SMILES string of the molecule is CC(C)(O)CCOc1ncc(-c2cnc3[nH]cc(C=CC(N)=O)c3c2)cc1F. The number of carbonyl (C=O) groups is 1. The molecule has 3 aromatic heterocycles. The maximum absolute atomic E-state index is 14.4. The highest BCUT2D eigenvalue weighted by atomic mass is 19.1. The van der Waals surface area contributed by atoms with Crippen molar-refractivity contribution in [2.75, 3.05) is 6.61 Å². The molecule has 0 aliphatic carbocycles. The Morgan fingerprint density at radius 3 is 2.71 bits per heavy atom. The van der Waals surface area contributed by atoms with Crippen LogP contribution in [0.3, 0.4) is 0 Å². The zero-order valence-corrected chi connectivity index (χ0v) is 15.6. The number of nitrogens with one attached hydrogen (secondary N) is 1. The van der Waals surface area contributed by atoms with Gasteiger partial charge in [0.2, 0.25) is 11.8 Å². The molecule has 0 saturated carbocycles. The number of hydrogen-bond donors (Lipinski definition) is 3. The van der Waals surface area contributed by atoms with E-state index in [0.717, 1.165) is 10.9 Å². The standard InChI is InChI=1S/C20H21FN4O3/c1-20(2,27)5-6-28-19-16(21)8-14(11-25-19)13-7-15-12(3-4-17(22)26)9-23-18(15)24-10-13/h3-4,7-11,27H,5-6H2,1-2H3,(H2,22,26)(H,23,24). The summed E-state index contributed by atoms with van der Waals surface area (Å²) in [6.07, 6.45) is 8.01. The lowest BCUT2D eigenvalue weighted by Gasteiger charge is -2.16. The van der Waals surface area contributed by atoms with Crippen LogP contribution < -0.4 is 10.5 Å². The molecule has 1 amide bonds. The van der Waals surface area contributed by atoms with E-state index in [1.807, 2.05) is 6.07 Å². The number of hydrogen-bond acceptors (Lipinski definition) is 5. The van der Waals surface area contributed by atoms with Crippen molar-refractivity contribution in [1.82, 2.24) is 15.0 Å². The fourth-order valence-corrected chi connectivity index (χ4v) is 2.58. The molecule has 0 atom stereocenters. The second-order valence-electron chi connectivity index (χ2n) is 7.02. The number of aromatic amines is 1. The summed E-state index contributed by atoms with van der Waals surface area (Å²) in [6, 6.07) is 3.14. The highest BCUT2D eigenvalue weighted by Crippen LogP contribution is 2.27. The van der Waals surface area contributed by atoms with Crippen molar-refractivity contribution >= 4 is 23.0 Å². The van der Waals surface area contributed by atoms with Crippen molar-refractivity contribution in [3.63, 3.8) is 0 Å². The van der Waals surface area contributed by atoms with E-state index in [2.05, 4.69) is 15.0 Å². The van der Waals surface area contributed by atoms with Gasteiger partial charge in [-0.3, -0.25) is 4.79 Å². The van der Waals surface area contributed by atoms with Crippen LogP contribution in [0.25, 0.3) is 28.2 Å². The first-order chi connectivity index (χ1) is 13.2. The molecule has 3 rings (SSSR count). The molecule has 0 aromatic carbocycles. The minimum Gasteiger partial charge on any atom is -0.475 e. The lowest BCUT2D eigenvalue weighted by atomic mass is 10.1. The molecule has 0 aliphatic rings. The average molecular weight is 384 g/mol. The fourth-order valence-electron chi connectivity index (χ4n) is 2.58. The van der Waals surface area contributed by atoms with Crippen LogP contribution in [-0.4, -0.2) is 38.2 Å². The first-order valence-electron chi connectivity index (χ1n) is 8.69. The van der Waals surface area contributed by atoms with Crippen molar-refractivity contribution in [3.05, 3.63) is 48.2 Å². The number of H-pyrrole nitrogens is 1. The van der Waals surface area contributed by atoms with E-state index in [4.69, 9.17) is 10.5 Å². The minimum absolute atomic E-state index is 0.117. The smallest absolute Gasteiger partial charge is 0.250 e. The van der Waals surface area contributed by atoms with Crippen molar-refractivity contribution in [3.8, 4) is 17.0 Å². The molecule has 3 heterocycles. The van der Waals surface area contributed by atoms with Crippen molar-refractivity contribution in [2.24, 2.45) is 5.73 Å². The van der Waals surface area contributed by atoms with Crippen molar-refractivity contribution in [1.29, 1.82) is 0 Å². The van der Waals surface area contributed by atoms with E-state index in [1.54, 1.807) is 32.3 Å². The largest absolute Gasteiger partial charge is 0.475 e. The van der Waals surface area contributed by atoms with Crippen LogP contribution in [0.2, 0.25) is 0 Å².